The zero-order valence-electron chi connectivity index (χ0n) is 19.0. The summed E-state index contributed by atoms with van der Waals surface area (Å²) in [4.78, 5) is 44.0. The van der Waals surface area contributed by atoms with Gasteiger partial charge in [-0.3, -0.25) is 19.0 Å². The molecule has 0 spiro atoms. The third-order valence-electron chi connectivity index (χ3n) is 5.82. The van der Waals surface area contributed by atoms with Gasteiger partial charge in [0.1, 0.15) is 22.9 Å². The first-order chi connectivity index (χ1) is 17.1. The van der Waals surface area contributed by atoms with E-state index in [2.05, 4.69) is 15.6 Å². The smallest absolute Gasteiger partial charge is 0.262 e. The van der Waals surface area contributed by atoms with Crippen LogP contribution in [-0.4, -0.2) is 27.9 Å². The van der Waals surface area contributed by atoms with Gasteiger partial charge in [-0.15, -0.1) is 11.3 Å². The van der Waals surface area contributed by atoms with Crippen LogP contribution in [0.1, 0.15) is 23.3 Å². The van der Waals surface area contributed by atoms with Gasteiger partial charge in [-0.2, -0.15) is 0 Å². The second-order valence-electron chi connectivity index (χ2n) is 8.33. The summed E-state index contributed by atoms with van der Waals surface area (Å²) in [6, 6.07) is 16.3. The van der Waals surface area contributed by atoms with Crippen LogP contribution >= 0.6 is 11.3 Å². The highest BCUT2D eigenvalue weighted by Gasteiger charge is 2.20. The maximum atomic E-state index is 13.0. The van der Waals surface area contributed by atoms with E-state index in [1.807, 2.05) is 30.3 Å². The van der Waals surface area contributed by atoms with Gasteiger partial charge in [0.15, 0.2) is 0 Å². The first-order valence-electron chi connectivity index (χ1n) is 11.5. The Morgan fingerprint density at radius 2 is 1.71 bits per heavy atom. The maximum Gasteiger partial charge on any atom is 0.262 e. The average molecular weight is 489 g/mol. The van der Waals surface area contributed by atoms with E-state index in [0.717, 1.165) is 41.8 Å². The summed E-state index contributed by atoms with van der Waals surface area (Å²) in [5.41, 5.74) is 1.47. The Hall–Kier alpha value is -3.98. The molecule has 4 aromatic rings. The van der Waals surface area contributed by atoms with Crippen LogP contribution < -0.4 is 20.9 Å². The maximum absolute atomic E-state index is 13.0. The molecule has 178 valence electrons. The molecule has 1 aliphatic rings. The number of ether oxygens (including phenoxy) is 1. The molecule has 2 aromatic carbocycles. The van der Waals surface area contributed by atoms with E-state index in [-0.39, 0.29) is 24.6 Å². The lowest BCUT2D eigenvalue weighted by Crippen LogP contribution is -2.37. The van der Waals surface area contributed by atoms with Crippen LogP contribution in [-0.2, 0) is 29.0 Å². The van der Waals surface area contributed by atoms with Crippen LogP contribution in [0, 0.1) is 0 Å². The molecule has 2 heterocycles. The van der Waals surface area contributed by atoms with Crippen LogP contribution in [0.3, 0.4) is 0 Å². The molecule has 35 heavy (non-hydrogen) atoms. The quantitative estimate of drug-likeness (QED) is 0.411. The van der Waals surface area contributed by atoms with Gasteiger partial charge in [-0.25, -0.2) is 4.98 Å². The lowest BCUT2D eigenvalue weighted by atomic mass is 9.97. The van der Waals surface area contributed by atoms with Gasteiger partial charge in [-0.1, -0.05) is 18.2 Å². The van der Waals surface area contributed by atoms with Gasteiger partial charge in [0.25, 0.3) is 5.56 Å². The Labute approximate surface area is 205 Å². The number of fused-ring (bicyclic) bond motifs is 3. The van der Waals surface area contributed by atoms with Crippen molar-refractivity contribution < 1.29 is 14.3 Å². The van der Waals surface area contributed by atoms with Crippen LogP contribution in [0.25, 0.3) is 10.2 Å². The lowest BCUT2D eigenvalue weighted by molar-refractivity contribution is -0.124. The number of anilines is 1. The van der Waals surface area contributed by atoms with Gasteiger partial charge in [0, 0.05) is 10.6 Å². The van der Waals surface area contributed by atoms with E-state index >= 15 is 0 Å². The molecule has 9 heteroatoms. The summed E-state index contributed by atoms with van der Waals surface area (Å²) in [5.74, 6) is 0.562. The summed E-state index contributed by atoms with van der Waals surface area (Å²) < 4.78 is 7.04. The molecule has 0 saturated carbocycles. The van der Waals surface area contributed by atoms with Crippen LogP contribution in [0.5, 0.6) is 11.5 Å². The molecule has 0 saturated heterocycles. The van der Waals surface area contributed by atoms with Crippen molar-refractivity contribution in [2.75, 3.05) is 11.9 Å². The summed E-state index contributed by atoms with van der Waals surface area (Å²) in [7, 11) is 0. The molecule has 2 N–H and O–H groups in total. The Morgan fingerprint density at radius 1 is 0.971 bits per heavy atom. The third kappa shape index (κ3) is 5.25. The van der Waals surface area contributed by atoms with Crippen molar-refractivity contribution >= 4 is 39.1 Å². The lowest BCUT2D eigenvalue weighted by Gasteiger charge is -2.11. The largest absolute Gasteiger partial charge is 0.457 e. The van der Waals surface area contributed by atoms with Gasteiger partial charge < -0.3 is 15.4 Å². The molecule has 0 unspecified atom stereocenters. The Bertz CT molecular complexity index is 1430. The number of amides is 2. The average Bonchev–Trinajstić information content (AvgIpc) is 3.26. The molecule has 5 rings (SSSR count). The highest BCUT2D eigenvalue weighted by Crippen LogP contribution is 2.33. The number of aryl methyl sites for hydroxylation is 2. The number of hydrogen-bond donors (Lipinski definition) is 2. The van der Waals surface area contributed by atoms with Crippen molar-refractivity contribution in [1.29, 1.82) is 0 Å². The fourth-order valence-electron chi connectivity index (χ4n) is 4.12. The molecule has 1 aliphatic carbocycles. The van der Waals surface area contributed by atoms with Crippen molar-refractivity contribution in [1.82, 2.24) is 14.9 Å². The Balaban J connectivity index is 1.15. The number of nitrogens with one attached hydrogen (secondary N) is 2. The molecule has 2 amide bonds. The first-order valence-corrected chi connectivity index (χ1v) is 12.3. The zero-order valence-corrected chi connectivity index (χ0v) is 19.8. The summed E-state index contributed by atoms with van der Waals surface area (Å²) in [5, 5.41) is 5.93. The number of thiophene rings is 1. The molecule has 2 aromatic heterocycles. The Kier molecular flexibility index (Phi) is 6.58. The molecule has 0 aliphatic heterocycles. The van der Waals surface area contributed by atoms with Crippen molar-refractivity contribution in [3.8, 4) is 11.5 Å². The monoisotopic (exact) mass is 488 g/mol. The van der Waals surface area contributed by atoms with E-state index in [0.29, 0.717) is 16.8 Å². The molecule has 0 radical (unpaired) electrons. The van der Waals surface area contributed by atoms with Crippen molar-refractivity contribution in [3.05, 3.63) is 81.7 Å². The van der Waals surface area contributed by atoms with Crippen molar-refractivity contribution in [2.24, 2.45) is 0 Å². The van der Waals surface area contributed by atoms with E-state index in [1.54, 1.807) is 35.6 Å². The van der Waals surface area contributed by atoms with Gasteiger partial charge >= 0.3 is 0 Å². The number of carbonyl (C=O) groups excluding carboxylic acids is 2. The Morgan fingerprint density at radius 3 is 2.51 bits per heavy atom. The number of nitrogens with zero attached hydrogens (tertiary/aromatic N) is 2. The predicted molar refractivity (Wildman–Crippen MR) is 135 cm³/mol. The minimum absolute atomic E-state index is 0.189. The van der Waals surface area contributed by atoms with Gasteiger partial charge in [0.2, 0.25) is 11.8 Å². The fraction of sp³-hybridized carbons (Fsp3) is 0.231. The van der Waals surface area contributed by atoms with Gasteiger partial charge in [0.05, 0.1) is 18.3 Å². The standard InChI is InChI=1S/C26H24N4O4S/c31-22(29-17-10-12-19(13-11-17)34-18-6-2-1-3-7-18)14-27-23(32)15-30-16-28-25-24(26(30)33)20-8-4-5-9-21(20)35-25/h1-3,6-7,10-13,16H,4-5,8-9,14-15H2,(H,27,32)(H,29,31). The van der Waals surface area contributed by atoms with Crippen LogP contribution in [0.15, 0.2) is 65.7 Å². The highest BCUT2D eigenvalue weighted by molar-refractivity contribution is 7.18. The van der Waals surface area contributed by atoms with Crippen LogP contribution in [0.4, 0.5) is 5.69 Å². The molecular formula is C26H24N4O4S. The number of carbonyl (C=O) groups is 2. The number of para-hydroxylation sites is 1. The normalized spacial score (nSPS) is 12.7. The number of hydrogen-bond acceptors (Lipinski definition) is 6. The molecule has 0 bridgehead atoms. The number of rotatable bonds is 7. The predicted octanol–water partition coefficient (Wildman–Crippen LogP) is 3.88. The first kappa shape index (κ1) is 22.8. The minimum Gasteiger partial charge on any atom is -0.457 e. The number of aromatic nitrogens is 2. The summed E-state index contributed by atoms with van der Waals surface area (Å²) >= 11 is 1.57. The molecule has 0 fully saturated rings. The molecular weight excluding hydrogens is 464 g/mol. The second kappa shape index (κ2) is 10.1. The van der Waals surface area contributed by atoms with E-state index in [1.165, 1.54) is 15.8 Å². The topological polar surface area (TPSA) is 102 Å². The van der Waals surface area contributed by atoms with E-state index in [4.69, 9.17) is 4.74 Å². The van der Waals surface area contributed by atoms with Crippen molar-refractivity contribution in [2.45, 2.75) is 32.2 Å². The van der Waals surface area contributed by atoms with E-state index in [9.17, 15) is 14.4 Å². The summed E-state index contributed by atoms with van der Waals surface area (Å²) in [6.45, 7) is -0.398. The van der Waals surface area contributed by atoms with Crippen molar-refractivity contribution in [3.63, 3.8) is 0 Å². The van der Waals surface area contributed by atoms with E-state index < -0.39 is 5.91 Å². The third-order valence-corrected chi connectivity index (χ3v) is 7.02. The molecule has 8 nitrogen and oxygen atoms in total. The van der Waals surface area contributed by atoms with Gasteiger partial charge in [-0.05, 0) is 67.6 Å². The summed E-state index contributed by atoms with van der Waals surface area (Å²) in [6.07, 6.45) is 5.46. The fourth-order valence-corrected chi connectivity index (χ4v) is 5.34. The molecule has 0 atom stereocenters. The van der Waals surface area contributed by atoms with Crippen LogP contribution in [0.2, 0.25) is 0 Å². The number of benzene rings is 2. The SMILES string of the molecule is O=C(Cn1cnc2sc3c(c2c1=O)CCCC3)NCC(=O)Nc1ccc(Oc2ccccc2)cc1. The minimum atomic E-state index is -0.431. The zero-order chi connectivity index (χ0) is 24.2. The highest BCUT2D eigenvalue weighted by atomic mass is 32.1. The second-order valence-corrected chi connectivity index (χ2v) is 9.42.